The lowest BCUT2D eigenvalue weighted by Crippen LogP contribution is -2.52. The average Bonchev–Trinajstić information content (AvgIpc) is 2.93. The highest BCUT2D eigenvalue weighted by atomic mass is 16.5. The van der Waals surface area contributed by atoms with E-state index >= 15 is 0 Å². The van der Waals surface area contributed by atoms with Gasteiger partial charge in [-0.25, -0.2) is 0 Å². The van der Waals surface area contributed by atoms with Gasteiger partial charge in [-0.3, -0.25) is 9.69 Å². The Bertz CT molecular complexity index is 1090. The number of hydrogen-bond donors (Lipinski definition) is 1. The minimum absolute atomic E-state index is 0.0661. The molecule has 5 heteroatoms. The van der Waals surface area contributed by atoms with Gasteiger partial charge in [0, 0.05) is 44.1 Å². The van der Waals surface area contributed by atoms with Crippen molar-refractivity contribution in [3.63, 3.8) is 0 Å². The summed E-state index contributed by atoms with van der Waals surface area (Å²) < 4.78 is 6.38. The van der Waals surface area contributed by atoms with Gasteiger partial charge in [-0.1, -0.05) is 72.8 Å². The molecule has 2 aliphatic rings. The van der Waals surface area contributed by atoms with Crippen LogP contribution in [0.3, 0.4) is 0 Å². The number of aliphatic hydroxyl groups excluding tert-OH is 1. The molecule has 0 saturated carbocycles. The Morgan fingerprint density at radius 3 is 2.29 bits per heavy atom. The van der Waals surface area contributed by atoms with E-state index in [-0.39, 0.29) is 12.8 Å². The maximum atomic E-state index is 9.89. The summed E-state index contributed by atoms with van der Waals surface area (Å²) in [7, 11) is 2.18. The van der Waals surface area contributed by atoms with Crippen LogP contribution in [0.4, 0.5) is 0 Å². The van der Waals surface area contributed by atoms with Crippen LogP contribution in [-0.4, -0.2) is 60.6 Å². The number of piperazine rings is 1. The molecule has 1 fully saturated rings. The van der Waals surface area contributed by atoms with Gasteiger partial charge in [-0.2, -0.15) is 0 Å². The van der Waals surface area contributed by atoms with E-state index in [0.717, 1.165) is 55.8 Å². The largest absolute Gasteiger partial charge is 0.475 e. The van der Waals surface area contributed by atoms with Gasteiger partial charge in [0.15, 0.2) is 6.23 Å². The number of rotatable bonds is 5. The first-order chi connectivity index (χ1) is 17.2. The number of likely N-dealkylation sites (N-methyl/N-ethyl adjacent to an activating group) is 1. The Balaban J connectivity index is 0.000000243. The van der Waals surface area contributed by atoms with E-state index in [1.807, 2.05) is 42.5 Å². The summed E-state index contributed by atoms with van der Waals surface area (Å²) in [6, 6.07) is 26.5. The molecule has 1 saturated heterocycles. The Labute approximate surface area is 208 Å². The van der Waals surface area contributed by atoms with E-state index in [0.29, 0.717) is 5.92 Å². The fourth-order valence-electron chi connectivity index (χ4n) is 4.65. The molecular weight excluding hydrogens is 436 g/mol. The zero-order valence-electron chi connectivity index (χ0n) is 20.3. The summed E-state index contributed by atoms with van der Waals surface area (Å²) in [4.78, 5) is 14.7. The number of carbonyl (C=O) groups excluding carboxylic acids is 1. The molecule has 2 heterocycles. The predicted octanol–water partition coefficient (Wildman–Crippen LogP) is 4.57. The van der Waals surface area contributed by atoms with E-state index in [2.05, 4.69) is 53.2 Å². The Morgan fingerprint density at radius 1 is 0.943 bits per heavy atom. The van der Waals surface area contributed by atoms with Crippen LogP contribution < -0.4 is 4.74 Å². The molecule has 182 valence electrons. The molecule has 0 aliphatic carbocycles. The molecule has 5 nitrogen and oxygen atoms in total. The molecule has 0 bridgehead atoms. The summed E-state index contributed by atoms with van der Waals surface area (Å²) in [6.45, 7) is 4.34. The van der Waals surface area contributed by atoms with Crippen LogP contribution in [0.25, 0.3) is 6.08 Å². The topological polar surface area (TPSA) is 53.0 Å². The first-order valence-corrected chi connectivity index (χ1v) is 12.2. The van der Waals surface area contributed by atoms with Crippen LogP contribution in [0, 0.1) is 0 Å². The number of ether oxygens (including phenoxy) is 1. The number of hydrogen-bond acceptors (Lipinski definition) is 5. The van der Waals surface area contributed by atoms with Crippen molar-refractivity contribution < 1.29 is 14.6 Å². The van der Waals surface area contributed by atoms with Crippen LogP contribution in [0.5, 0.6) is 5.75 Å². The predicted molar refractivity (Wildman–Crippen MR) is 140 cm³/mol. The molecule has 0 spiro atoms. The van der Waals surface area contributed by atoms with Crippen LogP contribution in [0.1, 0.15) is 34.6 Å². The number of fused-ring (bicyclic) bond motifs is 1. The first kappa shape index (κ1) is 24.9. The second-order valence-electron chi connectivity index (χ2n) is 9.05. The van der Waals surface area contributed by atoms with Gasteiger partial charge < -0.3 is 14.7 Å². The van der Waals surface area contributed by atoms with Gasteiger partial charge in [0.05, 0.1) is 6.61 Å². The van der Waals surface area contributed by atoms with Crippen molar-refractivity contribution in [1.29, 1.82) is 0 Å². The lowest BCUT2D eigenvalue weighted by Gasteiger charge is -2.42. The Morgan fingerprint density at radius 2 is 1.63 bits per heavy atom. The minimum atomic E-state index is 0.0661. The molecule has 1 N–H and O–H groups in total. The van der Waals surface area contributed by atoms with Gasteiger partial charge in [0.25, 0.3) is 0 Å². The fourth-order valence-corrected chi connectivity index (χ4v) is 4.65. The van der Waals surface area contributed by atoms with E-state index in [4.69, 9.17) is 4.74 Å². The van der Waals surface area contributed by atoms with Crippen molar-refractivity contribution in [3.05, 3.63) is 107 Å². The van der Waals surface area contributed by atoms with Crippen molar-refractivity contribution in [1.82, 2.24) is 9.80 Å². The second-order valence-corrected chi connectivity index (χ2v) is 9.05. The van der Waals surface area contributed by atoms with Crippen LogP contribution in [-0.2, 0) is 11.4 Å². The third-order valence-corrected chi connectivity index (χ3v) is 6.65. The maximum absolute atomic E-state index is 9.89. The van der Waals surface area contributed by atoms with Gasteiger partial charge in [-0.05, 0) is 41.9 Å². The molecule has 0 aromatic heterocycles. The fraction of sp³-hybridized carbons (Fsp3) is 0.300. The highest BCUT2D eigenvalue weighted by Crippen LogP contribution is 2.41. The third-order valence-electron chi connectivity index (χ3n) is 6.65. The monoisotopic (exact) mass is 470 g/mol. The number of carbonyl (C=O) groups is 1. The number of aliphatic hydroxyl groups is 1. The summed E-state index contributed by atoms with van der Waals surface area (Å²) in [5, 5.41) is 9.52. The van der Waals surface area contributed by atoms with E-state index < -0.39 is 0 Å². The van der Waals surface area contributed by atoms with Crippen molar-refractivity contribution in [2.24, 2.45) is 0 Å². The van der Waals surface area contributed by atoms with Crippen LogP contribution in [0.15, 0.2) is 84.9 Å². The lowest BCUT2D eigenvalue weighted by molar-refractivity contribution is -0.104. The molecule has 5 rings (SSSR count). The maximum Gasteiger partial charge on any atom is 0.153 e. The van der Waals surface area contributed by atoms with Gasteiger partial charge in [0.2, 0.25) is 0 Å². The molecule has 2 unspecified atom stereocenters. The van der Waals surface area contributed by atoms with Crippen molar-refractivity contribution in [2.45, 2.75) is 25.2 Å². The molecule has 3 aromatic rings. The Hall–Kier alpha value is -3.25. The van der Waals surface area contributed by atoms with Gasteiger partial charge in [-0.15, -0.1) is 0 Å². The molecular formula is C30H34N2O3. The standard InChI is InChI=1S/C21H26N2O2.C9H8O/c1-22-9-11-23(12-10-22)21-14-18(17-5-3-2-4-6-17)19-13-16(15-24)7-8-20(19)25-21;10-8-4-7-9-5-2-1-3-6-9/h2-8,13,18,21,24H,9-12,14-15H2,1H3;1-8H. The number of nitrogens with zero attached hydrogens (tertiary/aromatic N) is 2. The highest BCUT2D eigenvalue weighted by Gasteiger charge is 2.34. The second kappa shape index (κ2) is 12.5. The number of benzene rings is 3. The third kappa shape index (κ3) is 6.67. The molecule has 0 amide bonds. The normalized spacial score (nSPS) is 20.4. The zero-order valence-corrected chi connectivity index (χ0v) is 20.3. The van der Waals surface area contributed by atoms with E-state index in [1.54, 1.807) is 6.08 Å². The summed E-state index contributed by atoms with van der Waals surface area (Å²) >= 11 is 0. The number of aldehydes is 1. The lowest BCUT2D eigenvalue weighted by atomic mass is 9.84. The summed E-state index contributed by atoms with van der Waals surface area (Å²) in [6.07, 6.45) is 5.09. The zero-order chi connectivity index (χ0) is 24.5. The first-order valence-electron chi connectivity index (χ1n) is 12.2. The van der Waals surface area contributed by atoms with Crippen molar-refractivity contribution in [2.75, 3.05) is 33.2 Å². The van der Waals surface area contributed by atoms with Crippen molar-refractivity contribution >= 4 is 12.4 Å². The molecule has 3 aromatic carbocycles. The van der Waals surface area contributed by atoms with Gasteiger partial charge in [0.1, 0.15) is 12.0 Å². The smallest absolute Gasteiger partial charge is 0.153 e. The molecule has 35 heavy (non-hydrogen) atoms. The minimum Gasteiger partial charge on any atom is -0.475 e. The average molecular weight is 471 g/mol. The quantitative estimate of drug-likeness (QED) is 0.438. The van der Waals surface area contributed by atoms with E-state index in [9.17, 15) is 9.90 Å². The van der Waals surface area contributed by atoms with Gasteiger partial charge >= 0.3 is 0 Å². The number of allylic oxidation sites excluding steroid dienone is 1. The van der Waals surface area contributed by atoms with Crippen LogP contribution in [0.2, 0.25) is 0 Å². The summed E-state index contributed by atoms with van der Waals surface area (Å²) in [5.74, 6) is 1.27. The molecule has 0 radical (unpaired) electrons. The van der Waals surface area contributed by atoms with Crippen LogP contribution >= 0.6 is 0 Å². The summed E-state index contributed by atoms with van der Waals surface area (Å²) in [5.41, 5.74) is 4.51. The molecule has 2 aliphatic heterocycles. The van der Waals surface area contributed by atoms with E-state index in [1.165, 1.54) is 17.2 Å². The molecule has 2 atom stereocenters. The Kier molecular flexibility index (Phi) is 8.85. The highest BCUT2D eigenvalue weighted by molar-refractivity contribution is 5.73. The van der Waals surface area contributed by atoms with Crippen molar-refractivity contribution in [3.8, 4) is 5.75 Å². The SMILES string of the molecule is CN1CCN(C2CC(c3ccccc3)c3cc(CO)ccc3O2)CC1.O=CC=Cc1ccccc1.